The molecule has 4 aromatic carbocycles. The zero-order chi connectivity index (χ0) is 22.8. The lowest BCUT2D eigenvalue weighted by molar-refractivity contribution is 0.0725. The minimum absolute atomic E-state index is 0.328. The van der Waals surface area contributed by atoms with Crippen LogP contribution in [0.1, 0.15) is 31.8 Å². The van der Waals surface area contributed by atoms with Crippen molar-refractivity contribution in [2.24, 2.45) is 0 Å². The van der Waals surface area contributed by atoms with Crippen molar-refractivity contribution < 1.29 is 19.1 Å². The van der Waals surface area contributed by atoms with E-state index in [-0.39, 0.29) is 11.9 Å². The summed E-state index contributed by atoms with van der Waals surface area (Å²) in [6.45, 7) is 3.95. The van der Waals surface area contributed by atoms with Gasteiger partial charge in [0.15, 0.2) is 0 Å². The molecule has 4 aromatic rings. The molecule has 0 bridgehead atoms. The zero-order valence-corrected chi connectivity index (χ0v) is 18.0. The molecule has 0 atom stereocenters. The second-order valence-corrected chi connectivity index (χ2v) is 7.14. The third-order valence-corrected chi connectivity index (χ3v) is 4.45. The predicted molar refractivity (Wildman–Crippen MR) is 125 cm³/mol. The van der Waals surface area contributed by atoms with Gasteiger partial charge in [0.1, 0.15) is 11.5 Å². The number of benzene rings is 4. The highest BCUT2D eigenvalue weighted by atomic mass is 16.5. The molecule has 0 aromatic heterocycles. The fourth-order valence-corrected chi connectivity index (χ4v) is 2.77. The Kier molecular flexibility index (Phi) is 7.93. The maximum absolute atomic E-state index is 11.7. The minimum atomic E-state index is -0.329. The van der Waals surface area contributed by atoms with Crippen LogP contribution in [0, 0.1) is 13.8 Å². The first kappa shape index (κ1) is 22.5. The Hall–Kier alpha value is -4.18. The summed E-state index contributed by atoms with van der Waals surface area (Å²) in [5.74, 6) is 0.490. The summed E-state index contributed by atoms with van der Waals surface area (Å²) in [4.78, 5) is 23.4. The van der Waals surface area contributed by atoms with Crippen molar-refractivity contribution in [3.05, 3.63) is 131 Å². The Labute approximate surface area is 188 Å². The van der Waals surface area contributed by atoms with Crippen LogP contribution in [-0.4, -0.2) is 11.9 Å². The second kappa shape index (κ2) is 11.3. The maximum atomic E-state index is 11.7. The Balaban J connectivity index is 0.000000181. The van der Waals surface area contributed by atoms with Crippen LogP contribution in [0.4, 0.5) is 0 Å². The number of hydrogen-bond acceptors (Lipinski definition) is 4. The zero-order valence-electron chi connectivity index (χ0n) is 18.0. The topological polar surface area (TPSA) is 52.6 Å². The van der Waals surface area contributed by atoms with E-state index in [9.17, 15) is 9.59 Å². The summed E-state index contributed by atoms with van der Waals surface area (Å²) in [5.41, 5.74) is 3.32. The molecule has 0 aliphatic carbocycles. The molecule has 160 valence electrons. The van der Waals surface area contributed by atoms with Gasteiger partial charge in [-0.1, -0.05) is 66.2 Å². The number of carbonyl (C=O) groups excluding carboxylic acids is 2. The Bertz CT molecular complexity index is 1150. The van der Waals surface area contributed by atoms with Gasteiger partial charge >= 0.3 is 11.9 Å². The van der Waals surface area contributed by atoms with Gasteiger partial charge in [0, 0.05) is 0 Å². The first-order valence-corrected chi connectivity index (χ1v) is 10.2. The number of rotatable bonds is 4. The molecule has 0 heterocycles. The fraction of sp³-hybridized carbons (Fsp3) is 0.0714. The van der Waals surface area contributed by atoms with Gasteiger partial charge in [-0.3, -0.25) is 0 Å². The van der Waals surface area contributed by atoms with E-state index in [1.54, 1.807) is 42.5 Å². The van der Waals surface area contributed by atoms with Crippen LogP contribution in [0.15, 0.2) is 109 Å². The van der Waals surface area contributed by atoms with Crippen LogP contribution < -0.4 is 9.47 Å². The van der Waals surface area contributed by atoms with E-state index in [4.69, 9.17) is 9.47 Å². The van der Waals surface area contributed by atoms with Crippen LogP contribution in [0.25, 0.3) is 0 Å². The summed E-state index contributed by atoms with van der Waals surface area (Å²) < 4.78 is 10.5. The highest BCUT2D eigenvalue weighted by molar-refractivity contribution is 5.91. The third kappa shape index (κ3) is 6.96. The van der Waals surface area contributed by atoms with E-state index in [1.807, 2.05) is 80.6 Å². The van der Waals surface area contributed by atoms with Crippen LogP contribution in [0.5, 0.6) is 11.5 Å². The highest BCUT2D eigenvalue weighted by Crippen LogP contribution is 2.15. The van der Waals surface area contributed by atoms with E-state index >= 15 is 0 Å². The average Bonchev–Trinajstić information content (AvgIpc) is 2.82. The molecule has 32 heavy (non-hydrogen) atoms. The summed E-state index contributed by atoms with van der Waals surface area (Å²) in [7, 11) is 0. The largest absolute Gasteiger partial charge is 0.423 e. The van der Waals surface area contributed by atoms with Gasteiger partial charge in [-0.2, -0.15) is 0 Å². The monoisotopic (exact) mass is 424 g/mol. The van der Waals surface area contributed by atoms with Crippen LogP contribution in [0.2, 0.25) is 0 Å². The summed E-state index contributed by atoms with van der Waals surface area (Å²) >= 11 is 0. The van der Waals surface area contributed by atoms with Crippen LogP contribution >= 0.6 is 0 Å². The Morgan fingerprint density at radius 2 is 1.00 bits per heavy atom. The average molecular weight is 424 g/mol. The number of hydrogen-bond donors (Lipinski definition) is 0. The van der Waals surface area contributed by atoms with Crippen LogP contribution in [0.3, 0.4) is 0 Å². The van der Waals surface area contributed by atoms with E-state index in [2.05, 4.69) is 0 Å². The molecule has 0 saturated carbocycles. The molecule has 0 spiro atoms. The van der Waals surface area contributed by atoms with Crippen molar-refractivity contribution >= 4 is 11.9 Å². The standard InChI is InChI=1S/2C14H12O2/c1-11-6-5-9-13(10-11)16-14(15)12-7-3-2-4-8-12;1-11-7-9-13(10-8-11)16-14(15)12-5-3-2-4-6-12/h2*2-10H,1H3. The van der Waals surface area contributed by atoms with Crippen molar-refractivity contribution in [2.45, 2.75) is 13.8 Å². The fourth-order valence-electron chi connectivity index (χ4n) is 2.77. The van der Waals surface area contributed by atoms with Gasteiger partial charge in [-0.25, -0.2) is 9.59 Å². The molecule has 0 aliphatic rings. The van der Waals surface area contributed by atoms with Crippen LogP contribution in [-0.2, 0) is 0 Å². The van der Waals surface area contributed by atoms with Gasteiger partial charge in [-0.05, 0) is 67.9 Å². The van der Waals surface area contributed by atoms with Crippen molar-refractivity contribution in [3.63, 3.8) is 0 Å². The summed E-state index contributed by atoms with van der Waals surface area (Å²) in [6, 6.07) is 32.7. The van der Waals surface area contributed by atoms with E-state index in [0.29, 0.717) is 22.6 Å². The molecule has 4 heteroatoms. The molecule has 0 aliphatic heterocycles. The first-order chi connectivity index (χ1) is 15.5. The highest BCUT2D eigenvalue weighted by Gasteiger charge is 2.07. The predicted octanol–water partition coefficient (Wildman–Crippen LogP) is 6.43. The number of esters is 2. The first-order valence-electron chi connectivity index (χ1n) is 10.2. The van der Waals surface area contributed by atoms with Crippen molar-refractivity contribution in [3.8, 4) is 11.5 Å². The van der Waals surface area contributed by atoms with Crippen molar-refractivity contribution in [1.29, 1.82) is 0 Å². The van der Waals surface area contributed by atoms with Gasteiger partial charge in [0.25, 0.3) is 0 Å². The lowest BCUT2D eigenvalue weighted by atomic mass is 10.2. The molecular weight excluding hydrogens is 400 g/mol. The number of ether oxygens (including phenoxy) is 2. The molecule has 4 nitrogen and oxygen atoms in total. The molecule has 0 N–H and O–H groups in total. The molecule has 0 unspecified atom stereocenters. The maximum Gasteiger partial charge on any atom is 0.343 e. The lowest BCUT2D eigenvalue weighted by Crippen LogP contribution is -2.07. The van der Waals surface area contributed by atoms with Gasteiger partial charge < -0.3 is 9.47 Å². The van der Waals surface area contributed by atoms with Crippen molar-refractivity contribution in [2.75, 3.05) is 0 Å². The van der Waals surface area contributed by atoms with Crippen molar-refractivity contribution in [1.82, 2.24) is 0 Å². The molecule has 0 radical (unpaired) electrons. The summed E-state index contributed by atoms with van der Waals surface area (Å²) in [5, 5.41) is 0. The smallest absolute Gasteiger partial charge is 0.343 e. The van der Waals surface area contributed by atoms with Gasteiger partial charge in [-0.15, -0.1) is 0 Å². The van der Waals surface area contributed by atoms with Gasteiger partial charge in [0.2, 0.25) is 0 Å². The Morgan fingerprint density at radius 3 is 1.50 bits per heavy atom. The Morgan fingerprint density at radius 1 is 0.500 bits per heavy atom. The third-order valence-electron chi connectivity index (χ3n) is 4.45. The normalized spacial score (nSPS) is 9.81. The second-order valence-electron chi connectivity index (χ2n) is 7.14. The molecule has 0 amide bonds. The minimum Gasteiger partial charge on any atom is -0.423 e. The van der Waals surface area contributed by atoms with E-state index in [1.165, 1.54) is 0 Å². The molecule has 0 fully saturated rings. The van der Waals surface area contributed by atoms with E-state index in [0.717, 1.165) is 11.1 Å². The summed E-state index contributed by atoms with van der Waals surface area (Å²) in [6.07, 6.45) is 0. The number of carbonyl (C=O) groups is 2. The number of aryl methyl sites for hydroxylation is 2. The molecule has 4 rings (SSSR count). The SMILES string of the molecule is Cc1ccc(OC(=O)c2ccccc2)cc1.Cc1cccc(OC(=O)c2ccccc2)c1. The lowest BCUT2D eigenvalue weighted by Gasteiger charge is -2.04. The van der Waals surface area contributed by atoms with Gasteiger partial charge in [0.05, 0.1) is 11.1 Å². The molecular formula is C28H24O4. The molecule has 0 saturated heterocycles. The van der Waals surface area contributed by atoms with E-state index < -0.39 is 0 Å². The quantitative estimate of drug-likeness (QED) is 0.280.